The number of rotatable bonds is 12. The smallest absolute Gasteiger partial charge is 0.325 e. The van der Waals surface area contributed by atoms with Crippen LogP contribution in [0, 0.1) is 11.7 Å². The predicted octanol–water partition coefficient (Wildman–Crippen LogP) is 4.11. The number of nitrogens with zero attached hydrogens (tertiary/aromatic N) is 1. The van der Waals surface area contributed by atoms with Gasteiger partial charge in [0.05, 0.1) is 6.61 Å². The first-order valence-corrected chi connectivity index (χ1v) is 11.3. The fourth-order valence-electron chi connectivity index (χ4n) is 3.72. The lowest BCUT2D eigenvalue weighted by Crippen LogP contribution is -2.32. The number of nitrogens with one attached hydrogen (secondary N) is 2. The number of benzene rings is 1. The first kappa shape index (κ1) is 23.3. The van der Waals surface area contributed by atoms with Crippen LogP contribution in [0.5, 0.6) is 5.75 Å². The van der Waals surface area contributed by atoms with Gasteiger partial charge in [-0.3, -0.25) is 10.1 Å². The number of hydrogen-bond acceptors (Lipinski definition) is 4. The van der Waals surface area contributed by atoms with E-state index in [0.717, 1.165) is 44.2 Å². The molecule has 1 aromatic carbocycles. The normalized spacial score (nSPS) is 20.0. The molecule has 1 saturated heterocycles. The maximum atomic E-state index is 14.0. The van der Waals surface area contributed by atoms with E-state index in [1.54, 1.807) is 6.92 Å². The molecule has 0 spiro atoms. The van der Waals surface area contributed by atoms with Crippen molar-refractivity contribution in [3.63, 3.8) is 0 Å². The second-order valence-electron chi connectivity index (χ2n) is 8.95. The highest BCUT2D eigenvalue weighted by molar-refractivity contribution is 6.03. The van der Waals surface area contributed by atoms with E-state index in [2.05, 4.69) is 16.7 Å². The Balaban J connectivity index is 1.37. The van der Waals surface area contributed by atoms with Crippen LogP contribution in [-0.2, 0) is 10.3 Å². The van der Waals surface area contributed by atoms with E-state index in [1.807, 2.05) is 32.1 Å². The minimum Gasteiger partial charge on any atom is -0.490 e. The molecule has 1 aromatic rings. The number of urea groups is 1. The van der Waals surface area contributed by atoms with Crippen molar-refractivity contribution >= 4 is 11.9 Å². The molecule has 7 heteroatoms. The maximum Gasteiger partial charge on any atom is 0.325 e. The van der Waals surface area contributed by atoms with Gasteiger partial charge in [0.1, 0.15) is 6.04 Å². The molecule has 0 unspecified atom stereocenters. The van der Waals surface area contributed by atoms with Gasteiger partial charge >= 0.3 is 6.03 Å². The number of halogens is 1. The molecule has 2 N–H and O–H groups in total. The number of allylic oxidation sites excluding steroid dienone is 1. The Morgan fingerprint density at radius 3 is 2.71 bits per heavy atom. The molecule has 2 fully saturated rings. The largest absolute Gasteiger partial charge is 0.490 e. The number of ether oxygens (including phenoxy) is 1. The van der Waals surface area contributed by atoms with E-state index in [1.165, 1.54) is 11.0 Å². The van der Waals surface area contributed by atoms with Crippen LogP contribution < -0.4 is 15.4 Å². The van der Waals surface area contributed by atoms with Crippen molar-refractivity contribution in [2.45, 2.75) is 64.5 Å². The van der Waals surface area contributed by atoms with Crippen molar-refractivity contribution in [3.8, 4) is 5.75 Å². The molecule has 6 nitrogen and oxygen atoms in total. The van der Waals surface area contributed by atoms with Gasteiger partial charge in [0.15, 0.2) is 11.6 Å². The molecular weight excluding hydrogens is 397 g/mol. The van der Waals surface area contributed by atoms with E-state index in [0.29, 0.717) is 24.8 Å². The topological polar surface area (TPSA) is 70.7 Å². The Hall–Kier alpha value is -2.41. The van der Waals surface area contributed by atoms with Crippen LogP contribution in [0.2, 0.25) is 0 Å². The molecule has 3 rings (SSSR count). The number of carbonyl (C=O) groups is 2. The summed E-state index contributed by atoms with van der Waals surface area (Å²) in [6.45, 7) is 7.68. The summed E-state index contributed by atoms with van der Waals surface area (Å²) < 4.78 is 19.7. The highest BCUT2D eigenvalue weighted by Crippen LogP contribution is 2.46. The summed E-state index contributed by atoms with van der Waals surface area (Å²) in [7, 11) is 0. The van der Waals surface area contributed by atoms with Crippen LogP contribution in [0.4, 0.5) is 9.18 Å². The van der Waals surface area contributed by atoms with E-state index < -0.39 is 6.04 Å². The lowest BCUT2D eigenvalue weighted by atomic mass is 10.0. The van der Waals surface area contributed by atoms with Crippen molar-refractivity contribution in [1.29, 1.82) is 0 Å². The lowest BCUT2D eigenvalue weighted by molar-refractivity contribution is -0.120. The molecule has 1 atom stereocenters. The van der Waals surface area contributed by atoms with Gasteiger partial charge in [0, 0.05) is 12.1 Å². The van der Waals surface area contributed by atoms with Crippen molar-refractivity contribution in [2.75, 3.05) is 19.7 Å². The number of unbranched alkanes of at least 4 members (excludes halogenated alkanes) is 2. The average Bonchev–Trinajstić information content (AvgIpc) is 3.47. The van der Waals surface area contributed by atoms with E-state index in [-0.39, 0.29) is 23.3 Å². The fourth-order valence-corrected chi connectivity index (χ4v) is 3.72. The molecule has 0 radical (unpaired) electrons. The lowest BCUT2D eigenvalue weighted by Gasteiger charge is -2.19. The number of carbonyl (C=O) groups excluding carboxylic acids is 2. The van der Waals surface area contributed by atoms with Gasteiger partial charge in [0.25, 0.3) is 5.91 Å². The van der Waals surface area contributed by atoms with Gasteiger partial charge < -0.3 is 15.0 Å². The van der Waals surface area contributed by atoms with E-state index in [9.17, 15) is 14.0 Å². The van der Waals surface area contributed by atoms with Crippen LogP contribution >= 0.6 is 0 Å². The van der Waals surface area contributed by atoms with Crippen molar-refractivity contribution in [3.05, 3.63) is 41.7 Å². The molecular formula is C24H34FN3O3. The Morgan fingerprint density at radius 1 is 1.29 bits per heavy atom. The highest BCUT2D eigenvalue weighted by Gasteiger charge is 2.44. The Labute approximate surface area is 184 Å². The molecule has 1 heterocycles. The van der Waals surface area contributed by atoms with Gasteiger partial charge in [-0.2, -0.15) is 0 Å². The van der Waals surface area contributed by atoms with E-state index in [4.69, 9.17) is 4.74 Å². The number of amides is 3. The Kier molecular flexibility index (Phi) is 7.70. The minimum atomic E-state index is -0.404. The van der Waals surface area contributed by atoms with Crippen LogP contribution in [-0.4, -0.2) is 42.6 Å². The standard InChI is InChI=1S/C24H34FN3O3/c1-17(2)16-31-21-15-19(9-10-20(21)25)24(11-12-24)26-13-7-5-4-6-8-14-28-18(3)22(29)27-23(28)30/h6,8-10,15,17-18,26H,4-5,7,11-14,16H2,1-3H3,(H,27,29,30)/b8-6+/t18-/m1/s1. The van der Waals surface area contributed by atoms with Crippen molar-refractivity contribution in [2.24, 2.45) is 5.92 Å². The zero-order valence-electron chi connectivity index (χ0n) is 18.7. The second-order valence-corrected chi connectivity index (χ2v) is 8.95. The van der Waals surface area contributed by atoms with Gasteiger partial charge in [-0.1, -0.05) is 32.1 Å². The molecule has 0 aromatic heterocycles. The molecule has 31 heavy (non-hydrogen) atoms. The molecule has 1 aliphatic carbocycles. The van der Waals surface area contributed by atoms with Crippen LogP contribution in [0.3, 0.4) is 0 Å². The van der Waals surface area contributed by atoms with Crippen molar-refractivity contribution < 1.29 is 18.7 Å². The summed E-state index contributed by atoms with van der Waals surface area (Å²) in [6, 6.07) is 4.49. The molecule has 3 amide bonds. The van der Waals surface area contributed by atoms with E-state index >= 15 is 0 Å². The number of imide groups is 1. The van der Waals surface area contributed by atoms with Crippen LogP contribution in [0.1, 0.15) is 58.4 Å². The molecule has 170 valence electrons. The van der Waals surface area contributed by atoms with Gasteiger partial charge in [-0.15, -0.1) is 0 Å². The quantitative estimate of drug-likeness (QED) is 0.297. The predicted molar refractivity (Wildman–Crippen MR) is 118 cm³/mol. The zero-order valence-corrected chi connectivity index (χ0v) is 18.7. The molecule has 2 aliphatic rings. The summed E-state index contributed by atoms with van der Waals surface area (Å²) in [5.41, 5.74) is 1.05. The third kappa shape index (κ3) is 6.06. The third-order valence-electron chi connectivity index (χ3n) is 5.87. The average molecular weight is 432 g/mol. The molecule has 0 bridgehead atoms. The molecule has 1 aliphatic heterocycles. The summed E-state index contributed by atoms with van der Waals surface area (Å²) in [5, 5.41) is 5.96. The first-order valence-electron chi connectivity index (χ1n) is 11.3. The van der Waals surface area contributed by atoms with Gasteiger partial charge in [-0.05, 0) is 69.2 Å². The maximum absolute atomic E-state index is 14.0. The first-order chi connectivity index (χ1) is 14.8. The van der Waals surface area contributed by atoms with Gasteiger partial charge in [0.2, 0.25) is 0 Å². The third-order valence-corrected chi connectivity index (χ3v) is 5.87. The SMILES string of the molecule is CC(C)COc1cc(C2(NCCCC/C=C/CN3C(=O)NC(=O)[C@H]3C)CC2)ccc1F. The van der Waals surface area contributed by atoms with Crippen LogP contribution in [0.25, 0.3) is 0 Å². The highest BCUT2D eigenvalue weighted by atomic mass is 19.1. The second kappa shape index (κ2) is 10.3. The summed E-state index contributed by atoms with van der Waals surface area (Å²) in [5.74, 6) is 0.144. The van der Waals surface area contributed by atoms with Crippen LogP contribution in [0.15, 0.2) is 30.4 Å². The number of hydrogen-bond donors (Lipinski definition) is 2. The summed E-state index contributed by atoms with van der Waals surface area (Å²) >= 11 is 0. The van der Waals surface area contributed by atoms with Gasteiger partial charge in [-0.25, -0.2) is 9.18 Å². The zero-order chi connectivity index (χ0) is 22.4. The summed E-state index contributed by atoms with van der Waals surface area (Å²) in [4.78, 5) is 24.6. The minimum absolute atomic E-state index is 0.0503. The Bertz CT molecular complexity index is 820. The Morgan fingerprint density at radius 2 is 2.06 bits per heavy atom. The van der Waals surface area contributed by atoms with Crippen molar-refractivity contribution in [1.82, 2.24) is 15.5 Å². The molecule has 1 saturated carbocycles. The monoisotopic (exact) mass is 431 g/mol. The fraction of sp³-hybridized carbons (Fsp3) is 0.583. The summed E-state index contributed by atoms with van der Waals surface area (Å²) in [6.07, 6.45) is 9.11.